The maximum atomic E-state index is 11.7. The van der Waals surface area contributed by atoms with Gasteiger partial charge in [0.2, 0.25) is 5.79 Å². The van der Waals surface area contributed by atoms with Crippen molar-refractivity contribution in [2.24, 2.45) is 0 Å². The van der Waals surface area contributed by atoms with Gasteiger partial charge in [0, 0.05) is 21.0 Å². The van der Waals surface area contributed by atoms with E-state index in [9.17, 15) is 4.79 Å². The lowest BCUT2D eigenvalue weighted by Crippen LogP contribution is -2.30. The lowest BCUT2D eigenvalue weighted by atomic mass is 10.1. The van der Waals surface area contributed by atoms with Crippen molar-refractivity contribution in [1.82, 2.24) is 0 Å². The molecule has 0 amide bonds. The van der Waals surface area contributed by atoms with Gasteiger partial charge in [0.15, 0.2) is 0 Å². The first-order chi connectivity index (χ1) is 6.96. The van der Waals surface area contributed by atoms with Crippen molar-refractivity contribution in [3.8, 4) is 0 Å². The van der Waals surface area contributed by atoms with E-state index in [1.54, 1.807) is 19.9 Å². The van der Waals surface area contributed by atoms with E-state index in [-0.39, 0.29) is 5.97 Å². The van der Waals surface area contributed by atoms with E-state index in [4.69, 9.17) is 9.47 Å². The summed E-state index contributed by atoms with van der Waals surface area (Å²) >= 11 is 0. The van der Waals surface area contributed by atoms with Gasteiger partial charge in [0.25, 0.3) is 0 Å². The minimum absolute atomic E-state index is 0.361. The first-order valence-corrected chi connectivity index (χ1v) is 4.80. The SMILES string of the molecule is COC(C)(C)OC(=O)c1ccccc1C. The van der Waals surface area contributed by atoms with Crippen LogP contribution in [-0.4, -0.2) is 18.9 Å². The van der Waals surface area contributed by atoms with Gasteiger partial charge < -0.3 is 9.47 Å². The fourth-order valence-corrected chi connectivity index (χ4v) is 1.12. The molecule has 0 aliphatic rings. The van der Waals surface area contributed by atoms with Gasteiger partial charge in [-0.2, -0.15) is 0 Å². The summed E-state index contributed by atoms with van der Waals surface area (Å²) in [5.41, 5.74) is 1.47. The lowest BCUT2D eigenvalue weighted by molar-refractivity contribution is -0.160. The maximum Gasteiger partial charge on any atom is 0.340 e. The van der Waals surface area contributed by atoms with Crippen molar-refractivity contribution in [2.75, 3.05) is 7.11 Å². The molecule has 0 fully saturated rings. The van der Waals surface area contributed by atoms with E-state index in [0.29, 0.717) is 5.56 Å². The molecule has 0 saturated heterocycles. The molecule has 0 radical (unpaired) electrons. The van der Waals surface area contributed by atoms with Crippen LogP contribution in [0, 0.1) is 6.92 Å². The van der Waals surface area contributed by atoms with E-state index < -0.39 is 5.79 Å². The molecule has 0 unspecified atom stereocenters. The molecule has 1 aromatic carbocycles. The van der Waals surface area contributed by atoms with Crippen molar-refractivity contribution in [3.05, 3.63) is 35.4 Å². The second-order valence-corrected chi connectivity index (χ2v) is 3.81. The Balaban J connectivity index is 2.83. The minimum atomic E-state index is -0.890. The Morgan fingerprint density at radius 3 is 2.40 bits per heavy atom. The topological polar surface area (TPSA) is 35.5 Å². The Morgan fingerprint density at radius 2 is 1.87 bits per heavy atom. The number of carbonyl (C=O) groups is 1. The van der Waals surface area contributed by atoms with Crippen LogP contribution in [0.15, 0.2) is 24.3 Å². The third-order valence-electron chi connectivity index (χ3n) is 2.20. The molecule has 0 bridgehead atoms. The highest BCUT2D eigenvalue weighted by Crippen LogP contribution is 2.15. The number of methoxy groups -OCH3 is 1. The van der Waals surface area contributed by atoms with Gasteiger partial charge in [-0.15, -0.1) is 0 Å². The third-order valence-corrected chi connectivity index (χ3v) is 2.20. The van der Waals surface area contributed by atoms with Crippen LogP contribution in [0.2, 0.25) is 0 Å². The molecule has 0 saturated carbocycles. The van der Waals surface area contributed by atoms with Crippen LogP contribution in [0.1, 0.15) is 29.8 Å². The zero-order chi connectivity index (χ0) is 11.5. The number of aryl methyl sites for hydroxylation is 1. The number of esters is 1. The Morgan fingerprint density at radius 1 is 1.27 bits per heavy atom. The maximum absolute atomic E-state index is 11.7. The summed E-state index contributed by atoms with van der Waals surface area (Å²) in [6.45, 7) is 5.27. The molecule has 0 N–H and O–H groups in total. The third kappa shape index (κ3) is 3.06. The van der Waals surface area contributed by atoms with Gasteiger partial charge >= 0.3 is 5.97 Å². The number of rotatable bonds is 3. The predicted molar refractivity (Wildman–Crippen MR) is 57.7 cm³/mol. The summed E-state index contributed by atoms with van der Waals surface area (Å²) < 4.78 is 10.2. The molecule has 3 nitrogen and oxygen atoms in total. The van der Waals surface area contributed by atoms with E-state index >= 15 is 0 Å². The molecule has 82 valence electrons. The molecule has 0 spiro atoms. The monoisotopic (exact) mass is 208 g/mol. The zero-order valence-corrected chi connectivity index (χ0v) is 9.53. The van der Waals surface area contributed by atoms with E-state index in [1.807, 2.05) is 25.1 Å². The number of hydrogen-bond donors (Lipinski definition) is 0. The molecule has 0 atom stereocenters. The van der Waals surface area contributed by atoms with Crippen molar-refractivity contribution in [1.29, 1.82) is 0 Å². The standard InChI is InChI=1S/C12H16O3/c1-9-7-5-6-8-10(9)11(13)15-12(2,3)14-4/h5-8H,1-4H3. The van der Waals surface area contributed by atoms with Gasteiger partial charge in [-0.05, 0) is 18.6 Å². The predicted octanol–water partition coefficient (Wildman–Crippen LogP) is 2.53. The summed E-state index contributed by atoms with van der Waals surface area (Å²) in [6, 6.07) is 7.30. The van der Waals surface area contributed by atoms with Crippen LogP contribution in [0.5, 0.6) is 0 Å². The lowest BCUT2D eigenvalue weighted by Gasteiger charge is -2.23. The van der Waals surface area contributed by atoms with Gasteiger partial charge in [-0.25, -0.2) is 4.79 Å². The van der Waals surface area contributed by atoms with Crippen LogP contribution in [0.3, 0.4) is 0 Å². The Labute approximate surface area is 90.0 Å². The number of ether oxygens (including phenoxy) is 2. The van der Waals surface area contributed by atoms with Crippen molar-refractivity contribution in [3.63, 3.8) is 0 Å². The van der Waals surface area contributed by atoms with E-state index in [1.165, 1.54) is 7.11 Å². The highest BCUT2D eigenvalue weighted by Gasteiger charge is 2.23. The van der Waals surface area contributed by atoms with Gasteiger partial charge in [0.05, 0.1) is 5.56 Å². The van der Waals surface area contributed by atoms with Crippen LogP contribution in [0.25, 0.3) is 0 Å². The van der Waals surface area contributed by atoms with Crippen LogP contribution in [-0.2, 0) is 9.47 Å². The molecule has 0 aliphatic carbocycles. The quantitative estimate of drug-likeness (QED) is 0.565. The second-order valence-electron chi connectivity index (χ2n) is 3.81. The largest absolute Gasteiger partial charge is 0.430 e. The summed E-state index contributed by atoms with van der Waals surface area (Å²) in [7, 11) is 1.51. The highest BCUT2D eigenvalue weighted by molar-refractivity contribution is 5.91. The fraction of sp³-hybridized carbons (Fsp3) is 0.417. The number of carbonyl (C=O) groups excluding carboxylic acids is 1. The first kappa shape index (κ1) is 11.7. The Hall–Kier alpha value is -1.35. The van der Waals surface area contributed by atoms with Crippen LogP contribution >= 0.6 is 0 Å². The van der Waals surface area contributed by atoms with Gasteiger partial charge in [-0.1, -0.05) is 18.2 Å². The van der Waals surface area contributed by atoms with Crippen molar-refractivity contribution >= 4 is 5.97 Å². The summed E-state index contributed by atoms with van der Waals surface area (Å²) in [5.74, 6) is -1.25. The molecule has 0 heterocycles. The molecule has 15 heavy (non-hydrogen) atoms. The molecule has 3 heteroatoms. The molecular weight excluding hydrogens is 192 g/mol. The molecule has 1 aromatic rings. The van der Waals surface area contributed by atoms with Crippen molar-refractivity contribution in [2.45, 2.75) is 26.6 Å². The number of hydrogen-bond acceptors (Lipinski definition) is 3. The average molecular weight is 208 g/mol. The molecule has 0 aromatic heterocycles. The molecule has 0 aliphatic heterocycles. The van der Waals surface area contributed by atoms with E-state index in [0.717, 1.165) is 5.56 Å². The Kier molecular flexibility index (Phi) is 3.48. The van der Waals surface area contributed by atoms with Crippen LogP contribution < -0.4 is 0 Å². The average Bonchev–Trinajstić information content (AvgIpc) is 2.17. The van der Waals surface area contributed by atoms with Gasteiger partial charge in [-0.3, -0.25) is 0 Å². The Bertz CT molecular complexity index is 356. The zero-order valence-electron chi connectivity index (χ0n) is 9.53. The summed E-state index contributed by atoms with van der Waals surface area (Å²) in [6.07, 6.45) is 0. The normalized spacial score (nSPS) is 11.2. The van der Waals surface area contributed by atoms with Crippen LogP contribution in [0.4, 0.5) is 0 Å². The minimum Gasteiger partial charge on any atom is -0.430 e. The summed E-state index contributed by atoms with van der Waals surface area (Å²) in [5, 5.41) is 0. The number of benzene rings is 1. The van der Waals surface area contributed by atoms with Gasteiger partial charge in [0.1, 0.15) is 0 Å². The highest BCUT2D eigenvalue weighted by atomic mass is 16.7. The molecular formula is C12H16O3. The van der Waals surface area contributed by atoms with Crippen molar-refractivity contribution < 1.29 is 14.3 Å². The first-order valence-electron chi connectivity index (χ1n) is 4.80. The second kappa shape index (κ2) is 4.45. The summed E-state index contributed by atoms with van der Waals surface area (Å²) in [4.78, 5) is 11.7. The molecule has 1 rings (SSSR count). The van der Waals surface area contributed by atoms with E-state index in [2.05, 4.69) is 0 Å². The smallest absolute Gasteiger partial charge is 0.340 e. The fourth-order valence-electron chi connectivity index (χ4n) is 1.12.